The van der Waals surface area contributed by atoms with E-state index in [-0.39, 0.29) is 25.1 Å². The number of carbonyl (C=O) groups is 1. The van der Waals surface area contributed by atoms with Crippen LogP contribution in [0.15, 0.2) is 48.5 Å². The van der Waals surface area contributed by atoms with E-state index in [1.165, 1.54) is 11.6 Å². The topological polar surface area (TPSA) is 75.7 Å². The average Bonchev–Trinajstić information content (AvgIpc) is 2.62. The zero-order valence-corrected chi connectivity index (χ0v) is 18.7. The van der Waals surface area contributed by atoms with Crippen molar-refractivity contribution in [2.75, 3.05) is 30.3 Å². The van der Waals surface area contributed by atoms with Gasteiger partial charge in [0.1, 0.15) is 18.9 Å². The fourth-order valence-electron chi connectivity index (χ4n) is 2.63. The van der Waals surface area contributed by atoms with E-state index >= 15 is 0 Å². The Morgan fingerprint density at radius 1 is 1.14 bits per heavy atom. The van der Waals surface area contributed by atoms with Gasteiger partial charge in [-0.15, -0.1) is 0 Å². The highest BCUT2D eigenvalue weighted by molar-refractivity contribution is 7.92. The number of anilines is 1. The smallest absolute Gasteiger partial charge is 0.240 e. The monoisotopic (exact) mass is 438 g/mol. The first-order chi connectivity index (χ1) is 13.5. The lowest BCUT2D eigenvalue weighted by molar-refractivity contribution is -0.119. The molecule has 2 aromatic carbocycles. The largest absolute Gasteiger partial charge is 0.492 e. The number of nitrogens with zero attached hydrogens (tertiary/aromatic N) is 1. The molecule has 0 radical (unpaired) electrons. The second kappa shape index (κ2) is 9.50. The van der Waals surface area contributed by atoms with Crippen molar-refractivity contribution in [1.29, 1.82) is 0 Å². The van der Waals surface area contributed by atoms with Crippen molar-refractivity contribution < 1.29 is 17.9 Å². The van der Waals surface area contributed by atoms with Gasteiger partial charge in [0, 0.05) is 5.02 Å². The van der Waals surface area contributed by atoms with Crippen molar-refractivity contribution in [3.63, 3.8) is 0 Å². The molecule has 2 rings (SSSR count). The summed E-state index contributed by atoms with van der Waals surface area (Å²) in [5, 5.41) is 3.06. The van der Waals surface area contributed by atoms with Crippen LogP contribution in [0.4, 0.5) is 5.69 Å². The molecule has 1 N–H and O–H groups in total. The summed E-state index contributed by atoms with van der Waals surface area (Å²) in [6, 6.07) is 14.2. The molecule has 0 aliphatic heterocycles. The molecule has 0 unspecified atom stereocenters. The molecule has 1 amide bonds. The Labute approximate surface area is 177 Å². The van der Waals surface area contributed by atoms with Crippen molar-refractivity contribution >= 4 is 33.2 Å². The Hall–Kier alpha value is -2.25. The van der Waals surface area contributed by atoms with E-state index in [2.05, 4.69) is 26.1 Å². The van der Waals surface area contributed by atoms with E-state index in [1.807, 2.05) is 24.3 Å². The van der Waals surface area contributed by atoms with Gasteiger partial charge in [0.25, 0.3) is 0 Å². The van der Waals surface area contributed by atoms with Crippen LogP contribution in [0.3, 0.4) is 0 Å². The van der Waals surface area contributed by atoms with E-state index in [0.29, 0.717) is 16.5 Å². The van der Waals surface area contributed by atoms with Crippen LogP contribution in [0.25, 0.3) is 0 Å². The number of ether oxygens (including phenoxy) is 1. The van der Waals surface area contributed by atoms with E-state index in [4.69, 9.17) is 16.3 Å². The molecule has 0 saturated carbocycles. The summed E-state index contributed by atoms with van der Waals surface area (Å²) >= 11 is 5.93. The summed E-state index contributed by atoms with van der Waals surface area (Å²) in [4.78, 5) is 12.2. The number of rotatable bonds is 8. The molecular formula is C21H27ClN2O4S. The van der Waals surface area contributed by atoms with Crippen molar-refractivity contribution in [3.05, 3.63) is 59.1 Å². The lowest BCUT2D eigenvalue weighted by Crippen LogP contribution is -2.41. The van der Waals surface area contributed by atoms with Gasteiger partial charge in [0.15, 0.2) is 0 Å². The summed E-state index contributed by atoms with van der Waals surface area (Å²) in [5.41, 5.74) is 1.62. The van der Waals surface area contributed by atoms with Crippen LogP contribution in [-0.4, -0.2) is 40.3 Å². The van der Waals surface area contributed by atoms with E-state index < -0.39 is 15.9 Å². The lowest BCUT2D eigenvalue weighted by atomic mass is 9.87. The zero-order chi connectivity index (χ0) is 21.7. The summed E-state index contributed by atoms with van der Waals surface area (Å²) in [7, 11) is -3.64. The van der Waals surface area contributed by atoms with Crippen molar-refractivity contribution in [2.45, 2.75) is 26.2 Å². The van der Waals surface area contributed by atoms with Gasteiger partial charge in [-0.2, -0.15) is 0 Å². The Morgan fingerprint density at radius 3 is 2.34 bits per heavy atom. The second-order valence-electron chi connectivity index (χ2n) is 7.72. The Bertz CT molecular complexity index is 938. The number of nitrogens with one attached hydrogen (secondary N) is 1. The molecule has 29 heavy (non-hydrogen) atoms. The third-order valence-electron chi connectivity index (χ3n) is 4.20. The number of hydrogen-bond donors (Lipinski definition) is 1. The van der Waals surface area contributed by atoms with Crippen LogP contribution >= 0.6 is 11.6 Å². The number of halogens is 1. The molecule has 158 valence electrons. The highest BCUT2D eigenvalue weighted by atomic mass is 35.5. The number of amides is 1. The SMILES string of the molecule is CC(C)(C)c1ccc(OCCNC(=O)CN(c2cccc(Cl)c2)S(C)(=O)=O)cc1. The highest BCUT2D eigenvalue weighted by Gasteiger charge is 2.21. The van der Waals surface area contributed by atoms with Crippen molar-refractivity contribution in [1.82, 2.24) is 5.32 Å². The van der Waals surface area contributed by atoms with Crippen molar-refractivity contribution in [2.24, 2.45) is 0 Å². The third-order valence-corrected chi connectivity index (χ3v) is 5.57. The van der Waals surface area contributed by atoms with Gasteiger partial charge in [0.2, 0.25) is 15.9 Å². The van der Waals surface area contributed by atoms with Gasteiger partial charge in [-0.25, -0.2) is 8.42 Å². The van der Waals surface area contributed by atoms with Crippen LogP contribution < -0.4 is 14.4 Å². The van der Waals surface area contributed by atoms with Crippen LogP contribution in [-0.2, 0) is 20.2 Å². The summed E-state index contributed by atoms with van der Waals surface area (Å²) in [6.07, 6.45) is 1.05. The molecule has 0 bridgehead atoms. The molecule has 0 fully saturated rings. The summed E-state index contributed by atoms with van der Waals surface area (Å²) < 4.78 is 30.8. The van der Waals surface area contributed by atoms with Crippen molar-refractivity contribution in [3.8, 4) is 5.75 Å². The predicted octanol–water partition coefficient (Wildman–Crippen LogP) is 3.60. The second-order valence-corrected chi connectivity index (χ2v) is 10.1. The van der Waals surface area contributed by atoms with Gasteiger partial charge in [-0.05, 0) is 41.3 Å². The van der Waals surface area contributed by atoms with Gasteiger partial charge >= 0.3 is 0 Å². The molecule has 0 aromatic heterocycles. The molecule has 0 atom stereocenters. The Morgan fingerprint density at radius 2 is 1.79 bits per heavy atom. The zero-order valence-electron chi connectivity index (χ0n) is 17.1. The number of benzene rings is 2. The van der Waals surface area contributed by atoms with Crippen LogP contribution in [0.2, 0.25) is 5.02 Å². The Balaban J connectivity index is 1.86. The third kappa shape index (κ3) is 7.25. The lowest BCUT2D eigenvalue weighted by Gasteiger charge is -2.22. The van der Waals surface area contributed by atoms with E-state index in [9.17, 15) is 13.2 Å². The van der Waals surface area contributed by atoms with E-state index in [0.717, 1.165) is 10.6 Å². The van der Waals surface area contributed by atoms with Gasteiger partial charge in [-0.1, -0.05) is 50.6 Å². The van der Waals surface area contributed by atoms with Crippen LogP contribution in [0.1, 0.15) is 26.3 Å². The molecular weight excluding hydrogens is 412 g/mol. The molecule has 0 spiro atoms. The number of carbonyl (C=O) groups excluding carboxylic acids is 1. The minimum Gasteiger partial charge on any atom is -0.492 e. The molecule has 0 saturated heterocycles. The summed E-state index contributed by atoms with van der Waals surface area (Å²) in [6.45, 7) is 6.62. The predicted molar refractivity (Wildman–Crippen MR) is 117 cm³/mol. The fourth-order valence-corrected chi connectivity index (χ4v) is 3.66. The van der Waals surface area contributed by atoms with Gasteiger partial charge in [0.05, 0.1) is 18.5 Å². The fraction of sp³-hybridized carbons (Fsp3) is 0.381. The molecule has 0 aliphatic carbocycles. The standard InChI is InChI=1S/C21H27ClN2O4S/c1-21(2,3)16-8-10-19(11-9-16)28-13-12-23-20(25)15-24(29(4,26)27)18-7-5-6-17(22)14-18/h5-11,14H,12-13,15H2,1-4H3,(H,23,25). The minimum atomic E-state index is -3.64. The van der Waals surface area contributed by atoms with E-state index in [1.54, 1.807) is 18.2 Å². The Kier molecular flexibility index (Phi) is 7.54. The maximum atomic E-state index is 12.2. The van der Waals surface area contributed by atoms with Crippen LogP contribution in [0.5, 0.6) is 5.75 Å². The molecule has 8 heteroatoms. The number of sulfonamides is 1. The van der Waals surface area contributed by atoms with Gasteiger partial charge in [-0.3, -0.25) is 9.10 Å². The first kappa shape index (κ1) is 23.0. The highest BCUT2D eigenvalue weighted by Crippen LogP contribution is 2.24. The average molecular weight is 439 g/mol. The quantitative estimate of drug-likeness (QED) is 0.639. The normalized spacial score (nSPS) is 11.8. The number of hydrogen-bond acceptors (Lipinski definition) is 4. The molecule has 6 nitrogen and oxygen atoms in total. The summed E-state index contributed by atoms with van der Waals surface area (Å²) in [5.74, 6) is 0.283. The minimum absolute atomic E-state index is 0.0704. The maximum absolute atomic E-state index is 12.2. The van der Waals surface area contributed by atoms with Crippen LogP contribution in [0, 0.1) is 0 Å². The van der Waals surface area contributed by atoms with Gasteiger partial charge < -0.3 is 10.1 Å². The molecule has 0 heterocycles. The molecule has 2 aromatic rings. The molecule has 0 aliphatic rings. The first-order valence-electron chi connectivity index (χ1n) is 9.20. The maximum Gasteiger partial charge on any atom is 0.240 e. The first-order valence-corrected chi connectivity index (χ1v) is 11.4.